The lowest BCUT2D eigenvalue weighted by atomic mass is 10.0. The third-order valence-corrected chi connectivity index (χ3v) is 3.76. The second-order valence-electron chi connectivity index (χ2n) is 6.16. The number of anilines is 1. The molecular weight excluding hydrogens is 336 g/mol. The van der Waals surface area contributed by atoms with Gasteiger partial charge in [0, 0.05) is 0 Å². The van der Waals surface area contributed by atoms with Crippen molar-refractivity contribution in [3.63, 3.8) is 0 Å². The quantitative estimate of drug-likeness (QED) is 0.516. The van der Waals surface area contributed by atoms with E-state index in [2.05, 4.69) is 20.3 Å². The minimum Gasteiger partial charge on any atom is -0.370 e. The van der Waals surface area contributed by atoms with Crippen LogP contribution in [0.2, 0.25) is 0 Å². The second-order valence-corrected chi connectivity index (χ2v) is 6.16. The van der Waals surface area contributed by atoms with E-state index >= 15 is 0 Å². The molecule has 2 N–H and O–H groups in total. The van der Waals surface area contributed by atoms with Crippen LogP contribution in [-0.2, 0) is 0 Å². The highest BCUT2D eigenvalue weighted by atomic mass is 19.2. The third kappa shape index (κ3) is 3.42. The van der Waals surface area contributed by atoms with Gasteiger partial charge in [-0.25, -0.2) is 4.98 Å². The predicted molar refractivity (Wildman–Crippen MR) is 86.0 cm³/mol. The van der Waals surface area contributed by atoms with Crippen molar-refractivity contribution in [3.8, 4) is 0 Å². The summed E-state index contributed by atoms with van der Waals surface area (Å²) in [4.78, 5) is 10.0. The van der Waals surface area contributed by atoms with Gasteiger partial charge in [-0.15, -0.1) is 0 Å². The Morgan fingerprint density at radius 3 is 2.24 bits per heavy atom. The van der Waals surface area contributed by atoms with E-state index in [1.165, 1.54) is 0 Å². The molecule has 3 aromatic rings. The number of fused-ring (bicyclic) bond motifs is 1. The molecule has 2 heterocycles. The molecule has 2 aromatic heterocycles. The first-order chi connectivity index (χ1) is 11.9. The van der Waals surface area contributed by atoms with Crippen molar-refractivity contribution in [2.45, 2.75) is 26.3 Å². The minimum absolute atomic E-state index is 0.133. The Kier molecular flexibility index (Phi) is 4.61. The third-order valence-electron chi connectivity index (χ3n) is 3.76. The largest absolute Gasteiger partial charge is 0.370 e. The fraction of sp³-hybridized carbons (Fsp3) is 0.294. The number of H-pyrrole nitrogens is 1. The van der Waals surface area contributed by atoms with Gasteiger partial charge in [-0.1, -0.05) is 26.0 Å². The number of pyridine rings is 1. The SMILES string of the molecule is CC(C)CC(Nc1c(F)c(F)nc(F)c1F)c1nc2ccccc2[nH]1. The molecule has 0 saturated carbocycles. The first-order valence-corrected chi connectivity index (χ1v) is 7.78. The molecule has 0 fully saturated rings. The molecule has 1 atom stereocenters. The van der Waals surface area contributed by atoms with Gasteiger partial charge in [0.1, 0.15) is 11.5 Å². The van der Waals surface area contributed by atoms with Crippen LogP contribution in [-0.4, -0.2) is 15.0 Å². The van der Waals surface area contributed by atoms with Crippen molar-refractivity contribution in [3.05, 3.63) is 53.6 Å². The number of imidazole rings is 1. The smallest absolute Gasteiger partial charge is 0.253 e. The summed E-state index contributed by atoms with van der Waals surface area (Å²) in [5.41, 5.74) is 0.540. The van der Waals surface area contributed by atoms with E-state index < -0.39 is 35.3 Å². The molecule has 4 nitrogen and oxygen atoms in total. The Morgan fingerprint density at radius 2 is 1.64 bits per heavy atom. The summed E-state index contributed by atoms with van der Waals surface area (Å²) in [6, 6.07) is 6.56. The van der Waals surface area contributed by atoms with Crippen molar-refractivity contribution >= 4 is 16.7 Å². The predicted octanol–water partition coefficient (Wildman–Crippen LogP) is 4.71. The van der Waals surface area contributed by atoms with E-state index in [1.54, 1.807) is 6.07 Å². The van der Waals surface area contributed by atoms with Crippen molar-refractivity contribution in [1.82, 2.24) is 15.0 Å². The zero-order chi connectivity index (χ0) is 18.1. The number of hydrogen-bond acceptors (Lipinski definition) is 3. The molecule has 25 heavy (non-hydrogen) atoms. The summed E-state index contributed by atoms with van der Waals surface area (Å²) in [7, 11) is 0. The summed E-state index contributed by atoms with van der Waals surface area (Å²) >= 11 is 0. The highest BCUT2D eigenvalue weighted by Crippen LogP contribution is 2.30. The maximum Gasteiger partial charge on any atom is 0.253 e. The molecule has 0 radical (unpaired) electrons. The average molecular weight is 352 g/mol. The highest BCUT2D eigenvalue weighted by molar-refractivity contribution is 5.75. The van der Waals surface area contributed by atoms with Crippen LogP contribution in [0.5, 0.6) is 0 Å². The number of nitrogens with one attached hydrogen (secondary N) is 2. The number of aromatic amines is 1. The van der Waals surface area contributed by atoms with Gasteiger partial charge >= 0.3 is 0 Å². The maximum atomic E-state index is 13.9. The lowest BCUT2D eigenvalue weighted by Crippen LogP contribution is -2.18. The van der Waals surface area contributed by atoms with Crippen molar-refractivity contribution < 1.29 is 17.6 Å². The number of aromatic nitrogens is 3. The van der Waals surface area contributed by atoms with Crippen molar-refractivity contribution in [2.75, 3.05) is 5.32 Å². The van der Waals surface area contributed by atoms with Crippen LogP contribution in [0.25, 0.3) is 11.0 Å². The Bertz CT molecular complexity index is 848. The standard InChI is InChI=1S/C17H16F4N4/c1-8(2)7-11(17-23-9-5-3-4-6-10(9)24-17)22-14-12(18)15(20)25-16(21)13(14)19/h3-6,8,11H,7H2,1-2H3,(H,22,25)(H,23,24). The van der Waals surface area contributed by atoms with E-state index in [0.717, 1.165) is 5.52 Å². The number of nitrogens with zero attached hydrogens (tertiary/aromatic N) is 2. The molecule has 0 amide bonds. The van der Waals surface area contributed by atoms with Crippen LogP contribution in [0.3, 0.4) is 0 Å². The Hall–Kier alpha value is -2.64. The second kappa shape index (κ2) is 6.70. The Morgan fingerprint density at radius 1 is 1.00 bits per heavy atom. The van der Waals surface area contributed by atoms with Gasteiger partial charge in [0.15, 0.2) is 0 Å². The molecule has 0 aliphatic heterocycles. The molecule has 0 bridgehead atoms. The fourth-order valence-electron chi connectivity index (χ4n) is 2.64. The topological polar surface area (TPSA) is 53.6 Å². The van der Waals surface area contributed by atoms with Gasteiger partial charge in [0.25, 0.3) is 11.9 Å². The van der Waals surface area contributed by atoms with Crippen molar-refractivity contribution in [2.24, 2.45) is 5.92 Å². The van der Waals surface area contributed by atoms with Gasteiger partial charge in [0.05, 0.1) is 17.1 Å². The van der Waals surface area contributed by atoms with Crippen LogP contribution in [0.15, 0.2) is 24.3 Å². The van der Waals surface area contributed by atoms with Crippen LogP contribution < -0.4 is 5.32 Å². The van der Waals surface area contributed by atoms with Gasteiger partial charge < -0.3 is 10.3 Å². The van der Waals surface area contributed by atoms with E-state index in [9.17, 15) is 17.6 Å². The molecule has 8 heteroatoms. The summed E-state index contributed by atoms with van der Waals surface area (Å²) in [6.07, 6.45) is 0.435. The Labute approximate surface area is 141 Å². The van der Waals surface area contributed by atoms with Gasteiger partial charge in [-0.3, -0.25) is 0 Å². The molecule has 0 saturated heterocycles. The zero-order valence-corrected chi connectivity index (χ0v) is 13.6. The Balaban J connectivity index is 2.03. The van der Waals surface area contributed by atoms with E-state index in [4.69, 9.17) is 0 Å². The normalized spacial score (nSPS) is 12.8. The van der Waals surface area contributed by atoms with E-state index in [0.29, 0.717) is 17.8 Å². The fourth-order valence-corrected chi connectivity index (χ4v) is 2.64. The lowest BCUT2D eigenvalue weighted by molar-refractivity contribution is 0.407. The van der Waals surface area contributed by atoms with Crippen LogP contribution in [0, 0.1) is 29.4 Å². The maximum absolute atomic E-state index is 13.9. The minimum atomic E-state index is -1.70. The molecule has 3 rings (SSSR count). The molecule has 0 spiro atoms. The zero-order valence-electron chi connectivity index (χ0n) is 13.6. The van der Waals surface area contributed by atoms with Gasteiger partial charge in [-0.05, 0) is 24.5 Å². The molecule has 0 aliphatic rings. The first kappa shape index (κ1) is 17.2. The van der Waals surface area contributed by atoms with Crippen molar-refractivity contribution in [1.29, 1.82) is 0 Å². The highest BCUT2D eigenvalue weighted by Gasteiger charge is 2.25. The summed E-state index contributed by atoms with van der Waals surface area (Å²) in [5, 5.41) is 2.54. The molecule has 0 aliphatic carbocycles. The number of hydrogen-bond donors (Lipinski definition) is 2. The van der Waals surface area contributed by atoms with E-state index in [1.807, 2.05) is 32.0 Å². The number of halogens is 4. The van der Waals surface area contributed by atoms with Crippen LogP contribution in [0.4, 0.5) is 23.2 Å². The summed E-state index contributed by atoms with van der Waals surface area (Å²) < 4.78 is 54.5. The monoisotopic (exact) mass is 352 g/mol. The molecule has 1 aromatic carbocycles. The summed E-state index contributed by atoms with van der Waals surface area (Å²) in [6.45, 7) is 3.83. The van der Waals surface area contributed by atoms with Crippen LogP contribution in [0.1, 0.15) is 32.1 Å². The lowest BCUT2D eigenvalue weighted by Gasteiger charge is -2.20. The van der Waals surface area contributed by atoms with Gasteiger partial charge in [0.2, 0.25) is 11.6 Å². The number of rotatable bonds is 5. The molecule has 132 valence electrons. The number of para-hydroxylation sites is 2. The molecule has 1 unspecified atom stereocenters. The van der Waals surface area contributed by atoms with Crippen LogP contribution >= 0.6 is 0 Å². The summed E-state index contributed by atoms with van der Waals surface area (Å²) in [5.74, 6) is -5.98. The van der Waals surface area contributed by atoms with E-state index in [-0.39, 0.29) is 5.92 Å². The average Bonchev–Trinajstić information content (AvgIpc) is 2.99. The number of benzene rings is 1. The molecular formula is C17H16F4N4. The first-order valence-electron chi connectivity index (χ1n) is 7.78. The van der Waals surface area contributed by atoms with Gasteiger partial charge in [-0.2, -0.15) is 22.5 Å².